The van der Waals surface area contributed by atoms with Gasteiger partial charge in [-0.3, -0.25) is 9.78 Å². The molecule has 13 nitrogen and oxygen atoms in total. The number of pyridine rings is 1. The lowest BCUT2D eigenvalue weighted by Crippen LogP contribution is -2.48. The Morgan fingerprint density at radius 3 is 2.44 bits per heavy atom. The van der Waals surface area contributed by atoms with E-state index in [1.54, 1.807) is 24.5 Å². The summed E-state index contributed by atoms with van der Waals surface area (Å²) in [5, 5.41) is 29.5. The number of benzene rings is 1. The first kappa shape index (κ1) is 30.7. The van der Waals surface area contributed by atoms with E-state index >= 15 is 0 Å². The lowest BCUT2D eigenvalue weighted by atomic mass is 10.1. The van der Waals surface area contributed by atoms with Crippen LogP contribution in [0.15, 0.2) is 42.7 Å². The number of carbonyl (C=O) groups excluding carboxylic acids is 3. The number of aromatic nitrogens is 1. The van der Waals surface area contributed by atoms with E-state index in [-0.39, 0.29) is 42.9 Å². The average molecular weight is 546 g/mol. The van der Waals surface area contributed by atoms with Crippen LogP contribution in [0.25, 0.3) is 0 Å². The number of nitrogens with zero attached hydrogens (tertiary/aromatic N) is 1. The van der Waals surface area contributed by atoms with Crippen molar-refractivity contribution in [2.24, 2.45) is 0 Å². The average Bonchev–Trinajstić information content (AvgIpc) is 2.92. The van der Waals surface area contributed by atoms with Gasteiger partial charge in [0.15, 0.2) is 0 Å². The first-order valence-corrected chi connectivity index (χ1v) is 12.6. The fraction of sp³-hybridized carbons (Fsp3) is 0.423. The van der Waals surface area contributed by atoms with Crippen molar-refractivity contribution in [3.8, 4) is 11.5 Å². The van der Waals surface area contributed by atoms with Crippen molar-refractivity contribution in [2.45, 2.75) is 45.2 Å². The molecule has 2 aromatic rings. The van der Waals surface area contributed by atoms with E-state index in [9.17, 15) is 29.4 Å². The Bertz CT molecular complexity index is 1080. The Morgan fingerprint density at radius 1 is 0.974 bits per heavy atom. The molecule has 0 aliphatic carbocycles. The van der Waals surface area contributed by atoms with Crippen LogP contribution in [0, 0.1) is 0 Å². The van der Waals surface area contributed by atoms with Crippen LogP contribution in [0.2, 0.25) is 0 Å². The molecule has 0 fully saturated rings. The molecule has 1 atom stereocenters. The van der Waals surface area contributed by atoms with Crippen molar-refractivity contribution in [3.05, 3.63) is 53.9 Å². The number of nitrogens with one attached hydrogen (secondary N) is 4. The number of ether oxygens (including phenoxy) is 2. The van der Waals surface area contributed by atoms with Crippen LogP contribution in [-0.2, 0) is 16.1 Å². The van der Waals surface area contributed by atoms with Crippen LogP contribution in [0.5, 0.6) is 11.5 Å². The highest BCUT2D eigenvalue weighted by Gasteiger charge is 2.22. The van der Waals surface area contributed by atoms with Gasteiger partial charge in [-0.25, -0.2) is 14.4 Å². The van der Waals surface area contributed by atoms with Gasteiger partial charge in [-0.05, 0) is 36.2 Å². The van der Waals surface area contributed by atoms with Gasteiger partial charge in [0, 0.05) is 31.5 Å². The number of unbranched alkanes of at least 4 members (excludes halogenated alkanes) is 3. The third-order valence-electron chi connectivity index (χ3n) is 5.36. The summed E-state index contributed by atoms with van der Waals surface area (Å²) >= 11 is 0. The molecule has 1 aromatic carbocycles. The Kier molecular flexibility index (Phi) is 13.4. The van der Waals surface area contributed by atoms with Crippen LogP contribution >= 0.6 is 0 Å². The van der Waals surface area contributed by atoms with Crippen LogP contribution in [0.4, 0.5) is 9.59 Å². The highest BCUT2D eigenvalue weighted by molar-refractivity contribution is 5.97. The fourth-order valence-electron chi connectivity index (χ4n) is 3.24. The highest BCUT2D eigenvalue weighted by Crippen LogP contribution is 2.23. The maximum atomic E-state index is 12.5. The highest BCUT2D eigenvalue weighted by atomic mass is 16.5. The number of phenols is 1. The normalized spacial score (nSPS) is 11.1. The molecule has 0 aliphatic heterocycles. The third-order valence-corrected chi connectivity index (χ3v) is 5.36. The van der Waals surface area contributed by atoms with Crippen molar-refractivity contribution < 1.29 is 38.9 Å². The number of carboxylic acid groups (broad SMARTS) is 1. The van der Waals surface area contributed by atoms with E-state index < -0.39 is 30.6 Å². The first-order valence-electron chi connectivity index (χ1n) is 12.6. The minimum atomic E-state index is -1.42. The molecule has 0 radical (unpaired) electrons. The Labute approximate surface area is 226 Å². The minimum absolute atomic E-state index is 0.105. The summed E-state index contributed by atoms with van der Waals surface area (Å²) in [5.41, 5.74) is 0.792. The SMILES string of the molecule is CCCCCCOC(=O)N[C@@H](CNC(=O)c1ccc(OCCNC(=O)NCc2ccncc2)cc1O)C(=O)O. The number of amides is 4. The van der Waals surface area contributed by atoms with Crippen molar-refractivity contribution >= 4 is 24.0 Å². The van der Waals surface area contributed by atoms with Crippen LogP contribution in [-0.4, -0.2) is 71.5 Å². The monoisotopic (exact) mass is 545 g/mol. The lowest BCUT2D eigenvalue weighted by molar-refractivity contribution is -0.139. The zero-order valence-corrected chi connectivity index (χ0v) is 21.8. The summed E-state index contributed by atoms with van der Waals surface area (Å²) in [6, 6.07) is 5.75. The van der Waals surface area contributed by atoms with Gasteiger partial charge >= 0.3 is 18.1 Å². The summed E-state index contributed by atoms with van der Waals surface area (Å²) in [7, 11) is 0. The number of rotatable bonds is 16. The van der Waals surface area contributed by atoms with E-state index in [0.29, 0.717) is 13.0 Å². The minimum Gasteiger partial charge on any atom is -0.507 e. The standard InChI is InChI=1S/C26H35N5O8/c1-2-3-4-5-13-39-26(37)31-21(24(34)35)17-29-23(33)20-7-6-19(15-22(20)32)38-14-12-28-25(36)30-16-18-8-10-27-11-9-18/h6-11,15,21,32H,2-5,12-14,16-17H2,1H3,(H,29,33)(H,31,37)(H,34,35)(H2,28,30,36)/t21-/m0/s1. The number of phenolic OH excluding ortho intramolecular Hbond substituents is 1. The summed E-state index contributed by atoms with van der Waals surface area (Å²) in [6.07, 6.45) is 5.99. The number of alkyl carbamates (subject to hydrolysis) is 1. The van der Waals surface area contributed by atoms with Gasteiger partial charge < -0.3 is 41.0 Å². The Hall–Kier alpha value is -4.55. The molecule has 212 valence electrons. The molecule has 0 aliphatic rings. The van der Waals surface area contributed by atoms with Gasteiger partial charge in [0.05, 0.1) is 18.7 Å². The molecule has 13 heteroatoms. The summed E-state index contributed by atoms with van der Waals surface area (Å²) < 4.78 is 10.4. The molecule has 0 saturated heterocycles. The second-order valence-electron chi connectivity index (χ2n) is 8.43. The van der Waals surface area contributed by atoms with Crippen molar-refractivity contribution in [3.63, 3.8) is 0 Å². The van der Waals surface area contributed by atoms with Gasteiger partial charge in [-0.1, -0.05) is 26.2 Å². The molecule has 1 heterocycles. The van der Waals surface area contributed by atoms with E-state index in [0.717, 1.165) is 24.8 Å². The second-order valence-corrected chi connectivity index (χ2v) is 8.43. The first-order chi connectivity index (χ1) is 18.8. The molecule has 0 unspecified atom stereocenters. The zero-order chi connectivity index (χ0) is 28.5. The molecular weight excluding hydrogens is 510 g/mol. The van der Waals surface area contributed by atoms with Crippen molar-refractivity contribution in [1.82, 2.24) is 26.3 Å². The smallest absolute Gasteiger partial charge is 0.407 e. The van der Waals surface area contributed by atoms with E-state index in [4.69, 9.17) is 9.47 Å². The second kappa shape index (κ2) is 17.1. The fourth-order valence-corrected chi connectivity index (χ4v) is 3.24. The quantitative estimate of drug-likeness (QED) is 0.172. The number of hydrogen-bond acceptors (Lipinski definition) is 8. The summed E-state index contributed by atoms with van der Waals surface area (Å²) in [6.45, 7) is 2.44. The molecule has 4 amide bonds. The van der Waals surface area contributed by atoms with Crippen molar-refractivity contribution in [1.29, 1.82) is 0 Å². The molecule has 0 spiro atoms. The maximum absolute atomic E-state index is 12.5. The van der Waals surface area contributed by atoms with Gasteiger partial charge in [-0.2, -0.15) is 0 Å². The number of carboxylic acids is 1. The zero-order valence-electron chi connectivity index (χ0n) is 21.8. The molecule has 2 rings (SSSR count). The van der Waals surface area contributed by atoms with Gasteiger partial charge in [0.25, 0.3) is 5.91 Å². The van der Waals surface area contributed by atoms with E-state index in [1.165, 1.54) is 18.2 Å². The summed E-state index contributed by atoms with van der Waals surface area (Å²) in [4.78, 5) is 51.5. The van der Waals surface area contributed by atoms with Gasteiger partial charge in [-0.15, -0.1) is 0 Å². The Balaban J connectivity index is 1.72. The number of hydrogen-bond donors (Lipinski definition) is 6. The van der Waals surface area contributed by atoms with Crippen LogP contribution in [0.1, 0.15) is 48.5 Å². The predicted molar refractivity (Wildman–Crippen MR) is 140 cm³/mol. The topological polar surface area (TPSA) is 188 Å². The third kappa shape index (κ3) is 12.0. The van der Waals surface area contributed by atoms with Gasteiger partial charge in [0.2, 0.25) is 0 Å². The Morgan fingerprint density at radius 2 is 1.74 bits per heavy atom. The number of urea groups is 1. The number of aromatic hydroxyl groups is 1. The van der Waals surface area contributed by atoms with E-state index in [1.807, 2.05) is 0 Å². The molecule has 1 aromatic heterocycles. The molecule has 0 bridgehead atoms. The van der Waals surface area contributed by atoms with Crippen molar-refractivity contribution in [2.75, 3.05) is 26.3 Å². The van der Waals surface area contributed by atoms with Crippen LogP contribution < -0.4 is 26.0 Å². The van der Waals surface area contributed by atoms with Crippen LogP contribution in [0.3, 0.4) is 0 Å². The molecule has 6 N–H and O–H groups in total. The maximum Gasteiger partial charge on any atom is 0.407 e. The lowest BCUT2D eigenvalue weighted by Gasteiger charge is -2.16. The summed E-state index contributed by atoms with van der Waals surface area (Å²) in [5.74, 6) is -2.23. The predicted octanol–water partition coefficient (Wildman–Crippen LogP) is 2.15. The molecule has 0 saturated carbocycles. The number of carbonyl (C=O) groups is 4. The number of aliphatic carboxylic acids is 1. The molecule has 39 heavy (non-hydrogen) atoms. The molecular formula is C26H35N5O8. The van der Waals surface area contributed by atoms with Gasteiger partial charge in [0.1, 0.15) is 24.1 Å². The van der Waals surface area contributed by atoms with E-state index in [2.05, 4.69) is 33.2 Å². The largest absolute Gasteiger partial charge is 0.507 e.